The van der Waals surface area contributed by atoms with Crippen LogP contribution in [0, 0.1) is 3.57 Å². The minimum absolute atomic E-state index is 0.0816. The number of hydrogen-bond donors (Lipinski definition) is 1. The Morgan fingerprint density at radius 2 is 1.61 bits per heavy atom. The van der Waals surface area contributed by atoms with Gasteiger partial charge in [0.1, 0.15) is 13.1 Å². The Kier molecular flexibility index (Phi) is 5.96. The van der Waals surface area contributed by atoms with Crippen LogP contribution in [0.15, 0.2) is 83.8 Å². The zero-order chi connectivity index (χ0) is 22.0. The summed E-state index contributed by atoms with van der Waals surface area (Å²) in [4.78, 5) is 26.8. The first kappa shape index (κ1) is 21.3. The van der Waals surface area contributed by atoms with Gasteiger partial charge in [0.05, 0.1) is 22.0 Å². The number of anilines is 3. The second-order valence-electron chi connectivity index (χ2n) is 6.85. The number of fused-ring (bicyclic) bond motifs is 1. The Morgan fingerprint density at radius 1 is 0.968 bits per heavy atom. The van der Waals surface area contributed by atoms with Gasteiger partial charge in [-0.05, 0) is 71.1 Å². The van der Waals surface area contributed by atoms with Crippen molar-refractivity contribution in [2.45, 2.75) is 4.90 Å². The van der Waals surface area contributed by atoms with E-state index in [0.717, 1.165) is 7.88 Å². The number of carbonyl (C=O) groups excluding carboxylic acids is 2. The van der Waals surface area contributed by atoms with E-state index in [9.17, 15) is 18.0 Å². The van der Waals surface area contributed by atoms with Crippen LogP contribution in [-0.4, -0.2) is 33.3 Å². The van der Waals surface area contributed by atoms with Crippen LogP contribution in [0.2, 0.25) is 0 Å². The van der Waals surface area contributed by atoms with Crippen molar-refractivity contribution in [2.24, 2.45) is 0 Å². The minimum atomic E-state index is -4.01. The summed E-state index contributed by atoms with van der Waals surface area (Å²) in [6.07, 6.45) is 0. The fraction of sp³-hybridized carbons (Fsp3) is 0.0909. The average molecular weight is 547 g/mol. The summed E-state index contributed by atoms with van der Waals surface area (Å²) in [6.45, 7) is -0.624. The van der Waals surface area contributed by atoms with E-state index in [1.54, 1.807) is 66.7 Å². The molecule has 9 heteroatoms. The molecule has 0 spiro atoms. The molecule has 0 aliphatic carbocycles. The summed E-state index contributed by atoms with van der Waals surface area (Å²) in [7, 11) is -4.01. The van der Waals surface area contributed by atoms with Gasteiger partial charge in [-0.1, -0.05) is 30.3 Å². The van der Waals surface area contributed by atoms with Gasteiger partial charge < -0.3 is 5.32 Å². The highest BCUT2D eigenvalue weighted by Crippen LogP contribution is 2.30. The second-order valence-corrected chi connectivity index (χ2v) is 9.95. The Labute approximate surface area is 193 Å². The predicted octanol–water partition coefficient (Wildman–Crippen LogP) is 3.47. The summed E-state index contributed by atoms with van der Waals surface area (Å²) in [5, 5.41) is 2.73. The van der Waals surface area contributed by atoms with Gasteiger partial charge in [0.2, 0.25) is 11.8 Å². The third-order valence-corrected chi connectivity index (χ3v) is 7.30. The van der Waals surface area contributed by atoms with E-state index in [4.69, 9.17) is 0 Å². The van der Waals surface area contributed by atoms with Gasteiger partial charge in [0.15, 0.2) is 0 Å². The van der Waals surface area contributed by atoms with Crippen LogP contribution in [0.1, 0.15) is 0 Å². The van der Waals surface area contributed by atoms with E-state index in [-0.39, 0.29) is 17.3 Å². The topological polar surface area (TPSA) is 86.8 Å². The summed E-state index contributed by atoms with van der Waals surface area (Å²) in [5.41, 5.74) is 1.41. The summed E-state index contributed by atoms with van der Waals surface area (Å²) < 4.78 is 28.9. The van der Waals surface area contributed by atoms with Crippen LogP contribution < -0.4 is 14.5 Å². The minimum Gasteiger partial charge on any atom is -0.323 e. The number of sulfonamides is 1. The van der Waals surface area contributed by atoms with E-state index in [1.165, 1.54) is 17.0 Å². The molecule has 1 N–H and O–H groups in total. The highest BCUT2D eigenvalue weighted by atomic mass is 127. The van der Waals surface area contributed by atoms with Gasteiger partial charge in [0, 0.05) is 3.57 Å². The van der Waals surface area contributed by atoms with Gasteiger partial charge >= 0.3 is 0 Å². The van der Waals surface area contributed by atoms with Crippen molar-refractivity contribution >= 4 is 61.5 Å². The number of hydrogen-bond acceptors (Lipinski definition) is 4. The molecule has 1 aliphatic heterocycles. The number of nitrogens with one attached hydrogen (secondary N) is 1. The third-order valence-electron chi connectivity index (χ3n) is 4.80. The van der Waals surface area contributed by atoms with E-state index in [2.05, 4.69) is 27.9 Å². The molecule has 4 rings (SSSR count). The first-order valence-electron chi connectivity index (χ1n) is 9.39. The molecular weight excluding hydrogens is 529 g/mol. The average Bonchev–Trinajstić information content (AvgIpc) is 2.78. The van der Waals surface area contributed by atoms with Crippen molar-refractivity contribution in [3.63, 3.8) is 0 Å². The number of amides is 2. The molecule has 3 aromatic rings. The molecule has 1 heterocycles. The molecule has 31 heavy (non-hydrogen) atoms. The lowest BCUT2D eigenvalue weighted by atomic mass is 10.2. The predicted molar refractivity (Wildman–Crippen MR) is 128 cm³/mol. The smallest absolute Gasteiger partial charge is 0.264 e. The molecule has 7 nitrogen and oxygen atoms in total. The highest BCUT2D eigenvalue weighted by Gasteiger charge is 2.32. The maximum atomic E-state index is 13.4. The van der Waals surface area contributed by atoms with E-state index >= 15 is 0 Å². The molecule has 0 bridgehead atoms. The van der Waals surface area contributed by atoms with Crippen molar-refractivity contribution in [3.05, 3.63) is 82.4 Å². The van der Waals surface area contributed by atoms with Crippen molar-refractivity contribution in [1.82, 2.24) is 0 Å². The number of benzene rings is 3. The number of rotatable bonds is 5. The number of para-hydroxylation sites is 2. The van der Waals surface area contributed by atoms with Gasteiger partial charge in [-0.15, -0.1) is 0 Å². The van der Waals surface area contributed by atoms with E-state index < -0.39 is 22.5 Å². The van der Waals surface area contributed by atoms with Crippen LogP contribution >= 0.6 is 22.6 Å². The van der Waals surface area contributed by atoms with E-state index in [1.807, 2.05) is 0 Å². The first-order chi connectivity index (χ1) is 14.9. The number of halogens is 1. The quantitative estimate of drug-likeness (QED) is 0.496. The van der Waals surface area contributed by atoms with Gasteiger partial charge in [-0.2, -0.15) is 0 Å². The number of nitrogens with zero attached hydrogens (tertiary/aromatic N) is 2. The van der Waals surface area contributed by atoms with Crippen molar-refractivity contribution in [1.29, 1.82) is 0 Å². The molecule has 0 saturated heterocycles. The Hall–Kier alpha value is -2.92. The molecule has 0 saturated carbocycles. The third kappa shape index (κ3) is 4.42. The largest absolute Gasteiger partial charge is 0.323 e. The molecule has 158 valence electrons. The van der Waals surface area contributed by atoms with Crippen molar-refractivity contribution in [2.75, 3.05) is 27.6 Å². The van der Waals surface area contributed by atoms with Crippen molar-refractivity contribution in [3.8, 4) is 0 Å². The van der Waals surface area contributed by atoms with E-state index in [0.29, 0.717) is 17.1 Å². The molecule has 0 atom stereocenters. The zero-order valence-corrected chi connectivity index (χ0v) is 19.2. The van der Waals surface area contributed by atoms with Gasteiger partial charge in [-0.3, -0.25) is 18.8 Å². The molecule has 0 aromatic heterocycles. The van der Waals surface area contributed by atoms with Crippen LogP contribution in [0.3, 0.4) is 0 Å². The normalized spacial score (nSPS) is 13.3. The molecule has 0 fully saturated rings. The molecule has 3 aromatic carbocycles. The monoisotopic (exact) mass is 547 g/mol. The van der Waals surface area contributed by atoms with Gasteiger partial charge in [0.25, 0.3) is 10.0 Å². The maximum absolute atomic E-state index is 13.4. The fourth-order valence-corrected chi connectivity index (χ4v) is 5.10. The molecule has 2 amide bonds. The SMILES string of the molecule is O=C1CN(C(=O)CN(c2ccc(I)cc2)S(=O)(=O)c2ccccc2)c2ccccc2N1. The summed E-state index contributed by atoms with van der Waals surface area (Å²) >= 11 is 2.13. The summed E-state index contributed by atoms with van der Waals surface area (Å²) in [6, 6.07) is 21.8. The fourth-order valence-electron chi connectivity index (χ4n) is 3.31. The molecule has 0 radical (unpaired) electrons. The van der Waals surface area contributed by atoms with Crippen molar-refractivity contribution < 1.29 is 18.0 Å². The number of carbonyl (C=O) groups is 2. The maximum Gasteiger partial charge on any atom is 0.264 e. The lowest BCUT2D eigenvalue weighted by Crippen LogP contribution is -2.48. The van der Waals surface area contributed by atoms with Crippen LogP contribution in [0.4, 0.5) is 17.1 Å². The molecule has 0 unspecified atom stereocenters. The lowest BCUT2D eigenvalue weighted by Gasteiger charge is -2.31. The van der Waals surface area contributed by atoms with Gasteiger partial charge in [-0.25, -0.2) is 8.42 Å². The molecule has 1 aliphatic rings. The zero-order valence-electron chi connectivity index (χ0n) is 16.2. The molecular formula is C22H18IN3O4S. The van der Waals surface area contributed by atoms with Crippen LogP contribution in [0.25, 0.3) is 0 Å². The summed E-state index contributed by atoms with van der Waals surface area (Å²) in [5.74, 6) is -0.834. The standard InChI is InChI=1S/C22H18IN3O4S/c23-16-10-12-17(13-11-16)26(31(29,30)18-6-2-1-3-7-18)15-22(28)25-14-21(27)24-19-8-4-5-9-20(19)25/h1-13H,14-15H2,(H,24,27). The Balaban J connectivity index is 1.73. The second kappa shape index (κ2) is 8.67. The highest BCUT2D eigenvalue weighted by molar-refractivity contribution is 14.1. The van der Waals surface area contributed by atoms with Crippen LogP contribution in [-0.2, 0) is 19.6 Å². The Morgan fingerprint density at radius 3 is 2.32 bits per heavy atom. The first-order valence-corrected chi connectivity index (χ1v) is 11.9. The lowest BCUT2D eigenvalue weighted by molar-refractivity contribution is -0.121. The Bertz CT molecular complexity index is 1230. The van der Waals surface area contributed by atoms with Crippen LogP contribution in [0.5, 0.6) is 0 Å².